The molecule has 2 aromatic carbocycles. The molecule has 2 aromatic rings. The highest BCUT2D eigenvalue weighted by molar-refractivity contribution is 9.10. The second-order valence-corrected chi connectivity index (χ2v) is 6.20. The molecule has 5 heteroatoms. The van der Waals surface area contributed by atoms with E-state index in [1.807, 2.05) is 36.4 Å². The molecule has 0 bridgehead atoms. The summed E-state index contributed by atoms with van der Waals surface area (Å²) in [6, 6.07) is 17.5. The zero-order valence-electron chi connectivity index (χ0n) is 13.5. The topological polar surface area (TPSA) is 53.3 Å². The molecule has 0 heterocycles. The zero-order chi connectivity index (χ0) is 17.4. The van der Waals surface area contributed by atoms with Crippen LogP contribution < -0.4 is 4.74 Å². The van der Waals surface area contributed by atoms with E-state index in [1.54, 1.807) is 24.1 Å². The fraction of sp³-hybridized carbons (Fsp3) is 0.263. The van der Waals surface area contributed by atoms with E-state index in [4.69, 9.17) is 10.00 Å². The summed E-state index contributed by atoms with van der Waals surface area (Å²) < 4.78 is 6.12. The first kappa shape index (κ1) is 18.0. The minimum atomic E-state index is -0.126. The number of hydrogen-bond donors (Lipinski definition) is 0. The highest BCUT2D eigenvalue weighted by Gasteiger charge is 2.19. The number of hydrogen-bond acceptors (Lipinski definition) is 3. The summed E-state index contributed by atoms with van der Waals surface area (Å²) >= 11 is 3.39. The SMILES string of the molecule is COc1ccc(Br)cc1C(=O)N(CCC#N)CCc1ccccc1. The molecule has 0 saturated heterocycles. The third-order valence-electron chi connectivity index (χ3n) is 3.69. The number of methoxy groups -OCH3 is 1. The highest BCUT2D eigenvalue weighted by atomic mass is 79.9. The van der Waals surface area contributed by atoms with Gasteiger partial charge in [0.05, 0.1) is 25.2 Å². The lowest BCUT2D eigenvalue weighted by Gasteiger charge is -2.23. The van der Waals surface area contributed by atoms with Crippen LogP contribution in [0.4, 0.5) is 0 Å². The van der Waals surface area contributed by atoms with Gasteiger partial charge in [0.1, 0.15) is 5.75 Å². The quantitative estimate of drug-likeness (QED) is 0.720. The summed E-state index contributed by atoms with van der Waals surface area (Å²) in [5.74, 6) is 0.407. The monoisotopic (exact) mass is 386 g/mol. The lowest BCUT2D eigenvalue weighted by molar-refractivity contribution is 0.0757. The van der Waals surface area contributed by atoms with Crippen LogP contribution in [0.2, 0.25) is 0 Å². The minimum Gasteiger partial charge on any atom is -0.496 e. The molecule has 0 unspecified atom stereocenters. The first-order valence-corrected chi connectivity index (χ1v) is 8.48. The van der Waals surface area contributed by atoms with Crippen LogP contribution in [-0.4, -0.2) is 31.0 Å². The van der Waals surface area contributed by atoms with E-state index < -0.39 is 0 Å². The third-order valence-corrected chi connectivity index (χ3v) is 4.18. The fourth-order valence-corrected chi connectivity index (χ4v) is 2.79. The Bertz CT molecular complexity index is 726. The van der Waals surface area contributed by atoms with Gasteiger partial charge in [0, 0.05) is 17.6 Å². The van der Waals surface area contributed by atoms with Gasteiger partial charge in [0.15, 0.2) is 0 Å². The molecule has 2 rings (SSSR count). The molecule has 0 aliphatic rings. The van der Waals surface area contributed by atoms with Crippen molar-refractivity contribution in [3.63, 3.8) is 0 Å². The molecule has 0 N–H and O–H groups in total. The second kappa shape index (κ2) is 9.09. The normalized spacial score (nSPS) is 10.0. The fourth-order valence-electron chi connectivity index (χ4n) is 2.43. The number of rotatable bonds is 7. The average molecular weight is 387 g/mol. The van der Waals surface area contributed by atoms with Crippen molar-refractivity contribution in [2.45, 2.75) is 12.8 Å². The van der Waals surface area contributed by atoms with Crippen molar-refractivity contribution < 1.29 is 9.53 Å². The Labute approximate surface area is 150 Å². The van der Waals surface area contributed by atoms with Gasteiger partial charge in [0.25, 0.3) is 5.91 Å². The summed E-state index contributed by atoms with van der Waals surface area (Å²) in [6.45, 7) is 0.956. The van der Waals surface area contributed by atoms with Gasteiger partial charge in [-0.2, -0.15) is 5.26 Å². The number of amides is 1. The van der Waals surface area contributed by atoms with Crippen LogP contribution in [0.3, 0.4) is 0 Å². The maximum atomic E-state index is 12.9. The lowest BCUT2D eigenvalue weighted by Crippen LogP contribution is -2.34. The van der Waals surface area contributed by atoms with Crippen molar-refractivity contribution in [2.75, 3.05) is 20.2 Å². The molecule has 0 aliphatic carbocycles. The first-order valence-electron chi connectivity index (χ1n) is 7.69. The van der Waals surface area contributed by atoms with Crippen LogP contribution >= 0.6 is 15.9 Å². The Morgan fingerprint density at radius 3 is 2.62 bits per heavy atom. The standard InChI is InChI=1S/C19H19BrN2O2/c1-24-18-9-8-16(20)14-17(18)19(23)22(12-5-11-21)13-10-15-6-3-2-4-7-15/h2-4,6-9,14H,5,10,12-13H2,1H3. The van der Waals surface area contributed by atoms with Crippen LogP contribution in [0, 0.1) is 11.3 Å². The molecule has 1 amide bonds. The third kappa shape index (κ3) is 4.84. The minimum absolute atomic E-state index is 0.126. The highest BCUT2D eigenvalue weighted by Crippen LogP contribution is 2.24. The van der Waals surface area contributed by atoms with Crippen molar-refractivity contribution >= 4 is 21.8 Å². The largest absolute Gasteiger partial charge is 0.496 e. The number of ether oxygens (including phenoxy) is 1. The Morgan fingerprint density at radius 2 is 1.96 bits per heavy atom. The Kier molecular flexibility index (Phi) is 6.83. The molecule has 4 nitrogen and oxygen atoms in total. The Morgan fingerprint density at radius 1 is 1.21 bits per heavy atom. The molecule has 124 valence electrons. The van der Waals surface area contributed by atoms with Gasteiger partial charge in [-0.1, -0.05) is 46.3 Å². The summed E-state index contributed by atoms with van der Waals surface area (Å²) in [7, 11) is 1.55. The van der Waals surface area contributed by atoms with Crippen LogP contribution in [0.15, 0.2) is 53.0 Å². The van der Waals surface area contributed by atoms with Crippen LogP contribution in [0.5, 0.6) is 5.75 Å². The average Bonchev–Trinajstić information content (AvgIpc) is 2.62. The number of nitrogens with zero attached hydrogens (tertiary/aromatic N) is 2. The number of halogens is 1. The van der Waals surface area contributed by atoms with Crippen LogP contribution in [0.25, 0.3) is 0 Å². The predicted octanol–water partition coefficient (Wildman–Crippen LogP) is 4.06. The van der Waals surface area contributed by atoms with Gasteiger partial charge in [-0.3, -0.25) is 4.79 Å². The zero-order valence-corrected chi connectivity index (χ0v) is 15.1. The van der Waals surface area contributed by atoms with Crippen molar-refractivity contribution in [2.24, 2.45) is 0 Å². The van der Waals surface area contributed by atoms with Crippen molar-refractivity contribution in [1.29, 1.82) is 5.26 Å². The molecule has 0 aliphatic heterocycles. The number of nitriles is 1. The van der Waals surface area contributed by atoms with Crippen molar-refractivity contribution in [3.05, 3.63) is 64.1 Å². The van der Waals surface area contributed by atoms with Crippen molar-refractivity contribution in [3.8, 4) is 11.8 Å². The van der Waals surface area contributed by atoms with Crippen LogP contribution in [-0.2, 0) is 6.42 Å². The van der Waals surface area contributed by atoms with Gasteiger partial charge in [-0.25, -0.2) is 0 Å². The number of carbonyl (C=O) groups excluding carboxylic acids is 1. The summed E-state index contributed by atoms with van der Waals surface area (Å²) in [5, 5.41) is 8.88. The molecule has 0 atom stereocenters. The van der Waals surface area contributed by atoms with E-state index in [0.717, 1.165) is 16.5 Å². The molecule has 0 spiro atoms. The number of carbonyl (C=O) groups is 1. The number of benzene rings is 2. The maximum Gasteiger partial charge on any atom is 0.257 e. The summed E-state index contributed by atoms with van der Waals surface area (Å²) in [4.78, 5) is 14.6. The molecule has 0 fully saturated rings. The lowest BCUT2D eigenvalue weighted by atomic mass is 10.1. The maximum absolute atomic E-state index is 12.9. The molecule has 0 saturated carbocycles. The summed E-state index contributed by atoms with van der Waals surface area (Å²) in [6.07, 6.45) is 1.05. The van der Waals surface area contributed by atoms with E-state index in [9.17, 15) is 4.79 Å². The predicted molar refractivity (Wildman–Crippen MR) is 97.0 cm³/mol. The summed E-state index contributed by atoms with van der Waals surface area (Å²) in [5.41, 5.74) is 1.66. The molecule has 24 heavy (non-hydrogen) atoms. The van der Waals surface area contributed by atoms with Gasteiger partial charge in [0.2, 0.25) is 0 Å². The van der Waals surface area contributed by atoms with Gasteiger partial charge in [-0.15, -0.1) is 0 Å². The van der Waals surface area contributed by atoms with E-state index in [1.165, 1.54) is 0 Å². The van der Waals surface area contributed by atoms with E-state index in [-0.39, 0.29) is 5.91 Å². The van der Waals surface area contributed by atoms with Gasteiger partial charge >= 0.3 is 0 Å². The van der Waals surface area contributed by atoms with Crippen molar-refractivity contribution in [1.82, 2.24) is 4.90 Å². The molecular formula is C19H19BrN2O2. The molecular weight excluding hydrogens is 368 g/mol. The van der Waals surface area contributed by atoms with Gasteiger partial charge in [-0.05, 0) is 30.2 Å². The molecule has 0 aromatic heterocycles. The smallest absolute Gasteiger partial charge is 0.257 e. The van der Waals surface area contributed by atoms with Crippen LogP contribution in [0.1, 0.15) is 22.3 Å². The second-order valence-electron chi connectivity index (χ2n) is 5.28. The Hall–Kier alpha value is -2.32. The van der Waals surface area contributed by atoms with E-state index >= 15 is 0 Å². The Balaban J connectivity index is 2.19. The van der Waals surface area contributed by atoms with Gasteiger partial charge < -0.3 is 9.64 Å². The van der Waals surface area contributed by atoms with E-state index in [0.29, 0.717) is 30.8 Å². The van der Waals surface area contributed by atoms with E-state index in [2.05, 4.69) is 22.0 Å². The first-order chi connectivity index (χ1) is 11.7. The molecule has 0 radical (unpaired) electrons.